The van der Waals surface area contributed by atoms with E-state index in [4.69, 9.17) is 10.00 Å². The van der Waals surface area contributed by atoms with Crippen LogP contribution in [-0.4, -0.2) is 22.1 Å². The van der Waals surface area contributed by atoms with E-state index in [0.717, 1.165) is 0 Å². The molecule has 1 rings (SSSR count). The van der Waals surface area contributed by atoms with E-state index < -0.39 is 10.8 Å². The van der Waals surface area contributed by atoms with Crippen molar-refractivity contribution in [2.75, 3.05) is 12.9 Å². The van der Waals surface area contributed by atoms with Gasteiger partial charge in [0.05, 0.1) is 10.8 Å². The van der Waals surface area contributed by atoms with Gasteiger partial charge < -0.3 is 4.74 Å². The SMILES string of the molecule is CS(=O)c1cc(OCC#N)cc(Br)n1. The number of pyridine rings is 1. The number of nitrogens with zero attached hydrogens (tertiary/aromatic N) is 2. The Morgan fingerprint density at radius 2 is 2.43 bits per heavy atom. The zero-order chi connectivity index (χ0) is 10.6. The Bertz CT molecular complexity index is 403. The third kappa shape index (κ3) is 3.09. The zero-order valence-corrected chi connectivity index (χ0v) is 9.76. The molecule has 1 atom stereocenters. The Morgan fingerprint density at radius 3 is 3.00 bits per heavy atom. The van der Waals surface area contributed by atoms with E-state index in [2.05, 4.69) is 20.9 Å². The summed E-state index contributed by atoms with van der Waals surface area (Å²) in [5, 5.41) is 8.74. The molecule has 0 bridgehead atoms. The van der Waals surface area contributed by atoms with Crippen LogP contribution in [0.1, 0.15) is 0 Å². The summed E-state index contributed by atoms with van der Waals surface area (Å²) in [6, 6.07) is 5.02. The second-order valence-corrected chi connectivity index (χ2v) is 4.50. The molecular weight excluding hydrogens is 268 g/mol. The van der Waals surface area contributed by atoms with Crippen LogP contribution in [0.3, 0.4) is 0 Å². The normalized spacial score (nSPS) is 11.8. The summed E-state index contributed by atoms with van der Waals surface area (Å²) in [7, 11) is -1.16. The molecule has 6 heteroatoms. The van der Waals surface area contributed by atoms with Crippen LogP contribution in [-0.2, 0) is 10.8 Å². The van der Waals surface area contributed by atoms with Crippen LogP contribution >= 0.6 is 15.9 Å². The van der Waals surface area contributed by atoms with Crippen LogP contribution in [0.4, 0.5) is 0 Å². The van der Waals surface area contributed by atoms with Gasteiger partial charge in [-0.3, -0.25) is 4.21 Å². The lowest BCUT2D eigenvalue weighted by Crippen LogP contribution is -1.98. The number of halogens is 1. The summed E-state index contributed by atoms with van der Waals surface area (Å²) in [6.45, 7) is -0.0355. The van der Waals surface area contributed by atoms with Gasteiger partial charge in [-0.15, -0.1) is 0 Å². The summed E-state index contributed by atoms with van der Waals surface area (Å²) < 4.78 is 16.7. The molecule has 0 aliphatic heterocycles. The van der Waals surface area contributed by atoms with Crippen molar-refractivity contribution in [3.63, 3.8) is 0 Å². The van der Waals surface area contributed by atoms with E-state index >= 15 is 0 Å². The molecule has 1 aromatic heterocycles. The first-order valence-corrected chi connectivity index (χ1v) is 5.99. The van der Waals surface area contributed by atoms with Gasteiger partial charge in [-0.2, -0.15) is 5.26 Å². The summed E-state index contributed by atoms with van der Waals surface area (Å²) in [5.74, 6) is 0.485. The first-order valence-electron chi connectivity index (χ1n) is 3.64. The second kappa shape index (κ2) is 5.08. The molecule has 0 fully saturated rings. The highest BCUT2D eigenvalue weighted by molar-refractivity contribution is 9.10. The van der Waals surface area contributed by atoms with Crippen LogP contribution in [0, 0.1) is 11.3 Å². The fourth-order valence-electron chi connectivity index (χ4n) is 0.797. The van der Waals surface area contributed by atoms with Gasteiger partial charge in [-0.1, -0.05) is 0 Å². The Labute approximate surface area is 92.5 Å². The fraction of sp³-hybridized carbons (Fsp3) is 0.250. The minimum Gasteiger partial charge on any atom is -0.479 e. The first-order chi connectivity index (χ1) is 6.63. The molecule has 1 heterocycles. The van der Waals surface area contributed by atoms with E-state index in [9.17, 15) is 4.21 Å². The van der Waals surface area contributed by atoms with E-state index in [1.54, 1.807) is 12.1 Å². The highest BCUT2D eigenvalue weighted by Crippen LogP contribution is 2.19. The molecule has 0 aliphatic carbocycles. The first kappa shape index (κ1) is 11.1. The molecule has 0 N–H and O–H groups in total. The van der Waals surface area contributed by atoms with Gasteiger partial charge in [-0.05, 0) is 15.9 Å². The van der Waals surface area contributed by atoms with Crippen molar-refractivity contribution in [3.8, 4) is 11.8 Å². The third-order valence-corrected chi connectivity index (χ3v) is 2.55. The van der Waals surface area contributed by atoms with Crippen molar-refractivity contribution < 1.29 is 8.95 Å². The molecule has 1 aromatic rings. The summed E-state index contributed by atoms with van der Waals surface area (Å²) >= 11 is 3.16. The van der Waals surface area contributed by atoms with Crippen LogP contribution in [0.2, 0.25) is 0 Å². The molecule has 0 radical (unpaired) electrons. The Hall–Kier alpha value is -0.930. The Kier molecular flexibility index (Phi) is 4.04. The zero-order valence-electron chi connectivity index (χ0n) is 7.36. The topological polar surface area (TPSA) is 63.0 Å². The number of aromatic nitrogens is 1. The molecule has 0 amide bonds. The van der Waals surface area contributed by atoms with Crippen LogP contribution in [0.5, 0.6) is 5.75 Å². The smallest absolute Gasteiger partial charge is 0.174 e. The van der Waals surface area contributed by atoms with Crippen LogP contribution in [0.15, 0.2) is 21.8 Å². The van der Waals surface area contributed by atoms with Crippen LogP contribution < -0.4 is 4.74 Å². The largest absolute Gasteiger partial charge is 0.479 e. The number of nitriles is 1. The number of hydrogen-bond donors (Lipinski definition) is 0. The second-order valence-electron chi connectivity index (χ2n) is 2.36. The maximum Gasteiger partial charge on any atom is 0.174 e. The van der Waals surface area contributed by atoms with Gasteiger partial charge in [0.15, 0.2) is 6.61 Å². The predicted octanol–water partition coefficient (Wildman–Crippen LogP) is 1.48. The molecule has 0 aromatic carbocycles. The lowest BCUT2D eigenvalue weighted by Gasteiger charge is -2.03. The highest BCUT2D eigenvalue weighted by Gasteiger charge is 2.04. The van der Waals surface area contributed by atoms with Gasteiger partial charge in [0, 0.05) is 18.4 Å². The van der Waals surface area contributed by atoms with E-state index in [0.29, 0.717) is 15.4 Å². The minimum atomic E-state index is -1.16. The van der Waals surface area contributed by atoms with Crippen molar-refractivity contribution in [2.24, 2.45) is 0 Å². The van der Waals surface area contributed by atoms with Crippen molar-refractivity contribution in [2.45, 2.75) is 5.03 Å². The molecule has 0 saturated carbocycles. The molecule has 0 saturated heterocycles. The molecular formula is C8H7BrN2O2S. The van der Waals surface area contributed by atoms with Crippen molar-refractivity contribution in [1.29, 1.82) is 5.26 Å². The highest BCUT2D eigenvalue weighted by atomic mass is 79.9. The fourth-order valence-corrected chi connectivity index (χ4v) is 1.84. The molecule has 0 spiro atoms. The lowest BCUT2D eigenvalue weighted by atomic mass is 10.4. The van der Waals surface area contributed by atoms with E-state index in [1.807, 2.05) is 6.07 Å². The summed E-state index contributed by atoms with van der Waals surface area (Å²) in [5.41, 5.74) is 0. The number of hydrogen-bond acceptors (Lipinski definition) is 4. The lowest BCUT2D eigenvalue weighted by molar-refractivity contribution is 0.366. The van der Waals surface area contributed by atoms with Crippen molar-refractivity contribution >= 4 is 26.7 Å². The van der Waals surface area contributed by atoms with E-state index in [-0.39, 0.29) is 6.61 Å². The standard InChI is InChI=1S/C8H7BrN2O2S/c1-14(12)8-5-6(13-3-2-10)4-7(9)11-8/h4-5H,3H2,1H3. The Balaban J connectivity index is 2.96. The van der Waals surface area contributed by atoms with Crippen molar-refractivity contribution in [3.05, 3.63) is 16.7 Å². The minimum absolute atomic E-state index is 0.0355. The summed E-state index contributed by atoms with van der Waals surface area (Å²) in [6.07, 6.45) is 1.53. The van der Waals surface area contributed by atoms with Gasteiger partial charge in [0.25, 0.3) is 0 Å². The molecule has 1 unspecified atom stereocenters. The predicted molar refractivity (Wildman–Crippen MR) is 55.4 cm³/mol. The Morgan fingerprint density at radius 1 is 1.71 bits per heavy atom. The maximum atomic E-state index is 11.1. The number of ether oxygens (including phenoxy) is 1. The maximum absolute atomic E-state index is 11.1. The van der Waals surface area contributed by atoms with Crippen molar-refractivity contribution in [1.82, 2.24) is 4.98 Å². The van der Waals surface area contributed by atoms with E-state index in [1.165, 1.54) is 6.26 Å². The average Bonchev–Trinajstić information content (AvgIpc) is 2.14. The van der Waals surface area contributed by atoms with Crippen LogP contribution in [0.25, 0.3) is 0 Å². The molecule has 14 heavy (non-hydrogen) atoms. The van der Waals surface area contributed by atoms with Gasteiger partial charge in [-0.25, -0.2) is 4.98 Å². The third-order valence-electron chi connectivity index (χ3n) is 1.34. The average molecular weight is 275 g/mol. The van der Waals surface area contributed by atoms with Gasteiger partial charge >= 0.3 is 0 Å². The monoisotopic (exact) mass is 274 g/mol. The molecule has 0 aliphatic rings. The van der Waals surface area contributed by atoms with Gasteiger partial charge in [0.2, 0.25) is 0 Å². The quantitative estimate of drug-likeness (QED) is 0.784. The van der Waals surface area contributed by atoms with Gasteiger partial charge in [0.1, 0.15) is 21.4 Å². The summed E-state index contributed by atoms with van der Waals surface area (Å²) in [4.78, 5) is 4.00. The molecule has 74 valence electrons. The molecule has 4 nitrogen and oxygen atoms in total. The number of rotatable bonds is 3.